The molecule has 0 unspecified atom stereocenters. The minimum Gasteiger partial charge on any atom is -0.478 e. The van der Waals surface area contributed by atoms with E-state index in [-0.39, 0.29) is 6.54 Å². The first-order valence-electron chi connectivity index (χ1n) is 5.27. The molecule has 1 aliphatic heterocycles. The Labute approximate surface area is 109 Å². The van der Waals surface area contributed by atoms with Gasteiger partial charge in [-0.15, -0.1) is 0 Å². The lowest BCUT2D eigenvalue weighted by Crippen LogP contribution is -2.32. The molecule has 0 saturated carbocycles. The van der Waals surface area contributed by atoms with Crippen molar-refractivity contribution in [2.24, 2.45) is 0 Å². The fraction of sp³-hybridized carbons (Fsp3) is 0.182. The standard InChI is InChI=1S/C11H7F3N2O4/c12-11(13,14)5-1-2-7(6(3-5)9(18)19)16-8(17)4-15-10(16)20/h1-3H,4H2,(H,15,20)(H,18,19). The Hall–Kier alpha value is -2.58. The maximum Gasteiger partial charge on any atom is 0.416 e. The second-order valence-electron chi connectivity index (χ2n) is 3.92. The maximum atomic E-state index is 12.5. The van der Waals surface area contributed by atoms with Gasteiger partial charge in [-0.1, -0.05) is 0 Å². The topological polar surface area (TPSA) is 86.7 Å². The fourth-order valence-electron chi connectivity index (χ4n) is 1.75. The van der Waals surface area contributed by atoms with Crippen molar-refractivity contribution in [3.05, 3.63) is 29.3 Å². The molecule has 0 bridgehead atoms. The van der Waals surface area contributed by atoms with Gasteiger partial charge in [0.1, 0.15) is 0 Å². The first-order valence-corrected chi connectivity index (χ1v) is 5.27. The van der Waals surface area contributed by atoms with Crippen LogP contribution >= 0.6 is 0 Å². The van der Waals surface area contributed by atoms with E-state index < -0.39 is 40.9 Å². The Kier molecular flexibility index (Phi) is 3.12. The number of halogens is 3. The van der Waals surface area contributed by atoms with Gasteiger partial charge in [0, 0.05) is 0 Å². The van der Waals surface area contributed by atoms with Crippen molar-refractivity contribution in [2.45, 2.75) is 6.18 Å². The molecule has 0 aromatic heterocycles. The van der Waals surface area contributed by atoms with Crippen LogP contribution in [-0.4, -0.2) is 29.6 Å². The number of hydrogen-bond donors (Lipinski definition) is 2. The Bertz CT molecular complexity index is 596. The second-order valence-corrected chi connectivity index (χ2v) is 3.92. The van der Waals surface area contributed by atoms with Gasteiger partial charge in [0.2, 0.25) is 0 Å². The number of urea groups is 1. The number of benzene rings is 1. The number of carbonyl (C=O) groups is 3. The van der Waals surface area contributed by atoms with E-state index >= 15 is 0 Å². The average molecular weight is 288 g/mol. The molecular formula is C11H7F3N2O4. The van der Waals surface area contributed by atoms with E-state index in [4.69, 9.17) is 5.11 Å². The van der Waals surface area contributed by atoms with Crippen LogP contribution < -0.4 is 10.2 Å². The SMILES string of the molecule is O=C(O)c1cc(C(F)(F)F)ccc1N1C(=O)CNC1=O. The first kappa shape index (κ1) is 13.8. The number of nitrogens with zero attached hydrogens (tertiary/aromatic N) is 1. The lowest BCUT2D eigenvalue weighted by atomic mass is 10.1. The van der Waals surface area contributed by atoms with Gasteiger partial charge in [-0.25, -0.2) is 14.5 Å². The van der Waals surface area contributed by atoms with E-state index in [2.05, 4.69) is 5.32 Å². The van der Waals surface area contributed by atoms with Gasteiger partial charge in [-0.05, 0) is 18.2 Å². The molecule has 3 amide bonds. The molecule has 6 nitrogen and oxygen atoms in total. The van der Waals surface area contributed by atoms with Crippen LogP contribution in [0.4, 0.5) is 23.7 Å². The van der Waals surface area contributed by atoms with Crippen molar-refractivity contribution in [1.82, 2.24) is 5.32 Å². The molecule has 1 saturated heterocycles. The number of aromatic carboxylic acids is 1. The third kappa shape index (κ3) is 2.29. The molecule has 2 rings (SSSR count). The number of imide groups is 1. The van der Waals surface area contributed by atoms with E-state index in [0.29, 0.717) is 17.0 Å². The second kappa shape index (κ2) is 4.51. The Morgan fingerprint density at radius 2 is 1.95 bits per heavy atom. The largest absolute Gasteiger partial charge is 0.478 e. The lowest BCUT2D eigenvalue weighted by Gasteiger charge is -2.16. The Morgan fingerprint density at radius 1 is 1.30 bits per heavy atom. The summed E-state index contributed by atoms with van der Waals surface area (Å²) in [7, 11) is 0. The summed E-state index contributed by atoms with van der Waals surface area (Å²) in [5, 5.41) is 11.1. The summed E-state index contributed by atoms with van der Waals surface area (Å²) in [5.74, 6) is -2.41. The summed E-state index contributed by atoms with van der Waals surface area (Å²) < 4.78 is 37.6. The van der Waals surface area contributed by atoms with Crippen molar-refractivity contribution in [2.75, 3.05) is 11.4 Å². The summed E-state index contributed by atoms with van der Waals surface area (Å²) in [6.45, 7) is -0.334. The third-order valence-electron chi connectivity index (χ3n) is 2.64. The molecule has 0 aliphatic carbocycles. The maximum absolute atomic E-state index is 12.5. The number of carboxylic acids is 1. The predicted molar refractivity (Wildman–Crippen MR) is 59.3 cm³/mol. The van der Waals surface area contributed by atoms with E-state index in [1.165, 1.54) is 0 Å². The van der Waals surface area contributed by atoms with Crippen LogP contribution in [0.3, 0.4) is 0 Å². The molecule has 0 radical (unpaired) electrons. The molecule has 0 atom stereocenters. The number of hydrogen-bond acceptors (Lipinski definition) is 3. The van der Waals surface area contributed by atoms with Gasteiger partial charge in [-0.2, -0.15) is 13.2 Å². The summed E-state index contributed by atoms with van der Waals surface area (Å²) >= 11 is 0. The third-order valence-corrected chi connectivity index (χ3v) is 2.64. The van der Waals surface area contributed by atoms with E-state index in [9.17, 15) is 27.6 Å². The van der Waals surface area contributed by atoms with Crippen LogP contribution in [0.1, 0.15) is 15.9 Å². The number of nitrogens with one attached hydrogen (secondary N) is 1. The molecule has 1 fully saturated rings. The molecule has 0 spiro atoms. The summed E-state index contributed by atoms with van der Waals surface area (Å²) in [5.41, 5.74) is -2.35. The van der Waals surface area contributed by atoms with E-state index in [1.54, 1.807) is 0 Å². The van der Waals surface area contributed by atoms with E-state index in [1.807, 2.05) is 0 Å². The van der Waals surface area contributed by atoms with Crippen LogP contribution in [0.5, 0.6) is 0 Å². The number of anilines is 1. The number of carboxylic acid groups (broad SMARTS) is 1. The highest BCUT2D eigenvalue weighted by atomic mass is 19.4. The van der Waals surface area contributed by atoms with Gasteiger partial charge in [-0.3, -0.25) is 4.79 Å². The lowest BCUT2D eigenvalue weighted by molar-refractivity contribution is -0.137. The molecule has 1 heterocycles. The van der Waals surface area contributed by atoms with E-state index in [0.717, 1.165) is 6.07 Å². The molecule has 106 valence electrons. The molecule has 20 heavy (non-hydrogen) atoms. The van der Waals surface area contributed by atoms with Crippen molar-refractivity contribution in [3.8, 4) is 0 Å². The zero-order chi connectivity index (χ0) is 15.1. The first-order chi connectivity index (χ1) is 9.21. The number of rotatable bonds is 2. The van der Waals surface area contributed by atoms with Crippen molar-refractivity contribution >= 4 is 23.6 Å². The van der Waals surface area contributed by atoms with Gasteiger partial charge in [0.25, 0.3) is 5.91 Å². The zero-order valence-corrected chi connectivity index (χ0v) is 9.69. The van der Waals surface area contributed by atoms with Gasteiger partial charge in [0.15, 0.2) is 0 Å². The highest BCUT2D eigenvalue weighted by Gasteiger charge is 2.36. The summed E-state index contributed by atoms with van der Waals surface area (Å²) in [6, 6.07) is 0.906. The smallest absolute Gasteiger partial charge is 0.416 e. The van der Waals surface area contributed by atoms with Crippen LogP contribution in [-0.2, 0) is 11.0 Å². The minimum atomic E-state index is -4.72. The Morgan fingerprint density at radius 3 is 2.40 bits per heavy atom. The quantitative estimate of drug-likeness (QED) is 0.807. The van der Waals surface area contributed by atoms with Crippen molar-refractivity contribution in [1.29, 1.82) is 0 Å². The number of alkyl halides is 3. The molecule has 9 heteroatoms. The van der Waals surface area contributed by atoms with Gasteiger partial charge in [0.05, 0.1) is 23.4 Å². The van der Waals surface area contributed by atoms with Crippen LogP contribution in [0.25, 0.3) is 0 Å². The highest BCUT2D eigenvalue weighted by Crippen LogP contribution is 2.33. The number of amides is 3. The van der Waals surface area contributed by atoms with Crippen molar-refractivity contribution < 1.29 is 32.7 Å². The zero-order valence-electron chi connectivity index (χ0n) is 9.69. The van der Waals surface area contributed by atoms with Gasteiger partial charge < -0.3 is 10.4 Å². The van der Waals surface area contributed by atoms with Gasteiger partial charge >= 0.3 is 18.2 Å². The monoisotopic (exact) mass is 288 g/mol. The summed E-state index contributed by atoms with van der Waals surface area (Å²) in [4.78, 5) is 34.4. The van der Waals surface area contributed by atoms with Crippen LogP contribution in [0, 0.1) is 0 Å². The normalized spacial score (nSPS) is 15.4. The molecule has 2 N–H and O–H groups in total. The summed E-state index contributed by atoms with van der Waals surface area (Å²) in [6.07, 6.45) is -4.72. The van der Waals surface area contributed by atoms with Crippen LogP contribution in [0.2, 0.25) is 0 Å². The predicted octanol–water partition coefficient (Wildman–Crippen LogP) is 1.46. The molecular weight excluding hydrogens is 281 g/mol. The molecule has 1 aliphatic rings. The highest BCUT2D eigenvalue weighted by molar-refractivity contribution is 6.21. The molecule has 1 aromatic carbocycles. The Balaban J connectivity index is 2.57. The fourth-order valence-corrected chi connectivity index (χ4v) is 1.75. The molecule has 1 aromatic rings. The van der Waals surface area contributed by atoms with Crippen LogP contribution in [0.15, 0.2) is 18.2 Å². The average Bonchev–Trinajstić information content (AvgIpc) is 2.67. The van der Waals surface area contributed by atoms with Crippen molar-refractivity contribution in [3.63, 3.8) is 0 Å². The minimum absolute atomic E-state index is 0.334. The number of carbonyl (C=O) groups excluding carboxylic acids is 2.